The lowest BCUT2D eigenvalue weighted by Crippen LogP contribution is -2.17. The van der Waals surface area contributed by atoms with Crippen molar-refractivity contribution < 1.29 is 27.8 Å². The first-order chi connectivity index (χ1) is 9.33. The number of phenolic OH excluding ortho intramolecular Hbond substituents is 1. The Morgan fingerprint density at radius 3 is 2.15 bits per heavy atom. The van der Waals surface area contributed by atoms with Crippen LogP contribution in [0.3, 0.4) is 0 Å². The summed E-state index contributed by atoms with van der Waals surface area (Å²) in [7, 11) is 0. The van der Waals surface area contributed by atoms with Gasteiger partial charge in [-0.25, -0.2) is 0 Å². The third-order valence-corrected chi connectivity index (χ3v) is 2.46. The number of hydrogen-bond donors (Lipinski definition) is 1. The normalized spacial score (nSPS) is 11.2. The van der Waals surface area contributed by atoms with Crippen LogP contribution in [0.2, 0.25) is 0 Å². The Labute approximate surface area is 113 Å². The van der Waals surface area contributed by atoms with Crippen molar-refractivity contribution >= 4 is 0 Å². The minimum atomic E-state index is -4.74. The average Bonchev–Trinajstić information content (AvgIpc) is 2.34. The van der Waals surface area contributed by atoms with Crippen LogP contribution in [-0.2, 0) is 0 Å². The molecule has 0 saturated heterocycles. The molecule has 2 aromatic rings. The summed E-state index contributed by atoms with van der Waals surface area (Å²) in [5.41, 5.74) is 0.660. The van der Waals surface area contributed by atoms with E-state index in [1.54, 1.807) is 6.92 Å². The lowest BCUT2D eigenvalue weighted by molar-refractivity contribution is -0.274. The van der Waals surface area contributed by atoms with E-state index in [0.29, 0.717) is 11.3 Å². The van der Waals surface area contributed by atoms with E-state index in [1.807, 2.05) is 0 Å². The van der Waals surface area contributed by atoms with E-state index < -0.39 is 6.36 Å². The summed E-state index contributed by atoms with van der Waals surface area (Å²) in [4.78, 5) is 0. The molecule has 0 heterocycles. The average molecular weight is 284 g/mol. The van der Waals surface area contributed by atoms with Gasteiger partial charge in [0.25, 0.3) is 0 Å². The molecule has 0 aliphatic rings. The molecule has 0 fully saturated rings. The van der Waals surface area contributed by atoms with Crippen LogP contribution in [0.15, 0.2) is 42.5 Å². The van der Waals surface area contributed by atoms with Crippen molar-refractivity contribution in [1.29, 1.82) is 0 Å². The number of hydrogen-bond acceptors (Lipinski definition) is 3. The molecule has 0 aromatic heterocycles. The Morgan fingerprint density at radius 2 is 1.55 bits per heavy atom. The van der Waals surface area contributed by atoms with Crippen LogP contribution < -0.4 is 9.47 Å². The molecule has 0 saturated carbocycles. The third-order valence-electron chi connectivity index (χ3n) is 2.46. The van der Waals surface area contributed by atoms with Gasteiger partial charge in [-0.2, -0.15) is 0 Å². The Balaban J connectivity index is 2.22. The third kappa shape index (κ3) is 3.81. The molecule has 0 aliphatic heterocycles. The highest BCUT2D eigenvalue weighted by molar-refractivity contribution is 5.43. The van der Waals surface area contributed by atoms with Crippen LogP contribution >= 0.6 is 0 Å². The van der Waals surface area contributed by atoms with Gasteiger partial charge in [0, 0.05) is 6.07 Å². The standard InChI is InChI=1S/C14H11F3O3/c1-9-2-5-12(20-14(15,16)17)8-13(9)19-11-6-3-10(18)4-7-11/h2-8,18H,1H3. The largest absolute Gasteiger partial charge is 0.573 e. The number of aryl methyl sites for hydroxylation is 1. The molecular formula is C14H11F3O3. The fourth-order valence-electron chi connectivity index (χ4n) is 1.53. The molecule has 0 bridgehead atoms. The highest BCUT2D eigenvalue weighted by Crippen LogP contribution is 2.32. The SMILES string of the molecule is Cc1ccc(OC(F)(F)F)cc1Oc1ccc(O)cc1. The van der Waals surface area contributed by atoms with Gasteiger partial charge < -0.3 is 14.6 Å². The number of benzene rings is 2. The second kappa shape index (κ2) is 5.32. The van der Waals surface area contributed by atoms with E-state index in [1.165, 1.54) is 36.4 Å². The Hall–Kier alpha value is -2.37. The molecule has 0 amide bonds. The van der Waals surface area contributed by atoms with Crippen molar-refractivity contribution in [3.8, 4) is 23.0 Å². The minimum absolute atomic E-state index is 0.0724. The molecule has 3 nitrogen and oxygen atoms in total. The number of aromatic hydroxyl groups is 1. The summed E-state index contributed by atoms with van der Waals surface area (Å²) in [5.74, 6) is 0.368. The molecule has 6 heteroatoms. The van der Waals surface area contributed by atoms with E-state index >= 15 is 0 Å². The van der Waals surface area contributed by atoms with Gasteiger partial charge in [-0.3, -0.25) is 0 Å². The second-order valence-corrected chi connectivity index (χ2v) is 4.07. The number of alkyl halides is 3. The van der Waals surface area contributed by atoms with Gasteiger partial charge in [-0.1, -0.05) is 6.07 Å². The minimum Gasteiger partial charge on any atom is -0.508 e. The molecule has 0 aliphatic carbocycles. The Kier molecular flexibility index (Phi) is 3.74. The fourth-order valence-corrected chi connectivity index (χ4v) is 1.53. The van der Waals surface area contributed by atoms with Gasteiger partial charge in [0.05, 0.1) is 0 Å². The monoisotopic (exact) mass is 284 g/mol. The van der Waals surface area contributed by atoms with Crippen molar-refractivity contribution in [1.82, 2.24) is 0 Å². The van der Waals surface area contributed by atoms with E-state index in [2.05, 4.69) is 4.74 Å². The van der Waals surface area contributed by atoms with Crippen molar-refractivity contribution in [2.45, 2.75) is 13.3 Å². The topological polar surface area (TPSA) is 38.7 Å². The van der Waals surface area contributed by atoms with Gasteiger partial charge in [-0.05, 0) is 42.8 Å². The number of phenols is 1. The molecule has 20 heavy (non-hydrogen) atoms. The first-order valence-electron chi connectivity index (χ1n) is 5.67. The van der Waals surface area contributed by atoms with Crippen molar-refractivity contribution in [2.75, 3.05) is 0 Å². The van der Waals surface area contributed by atoms with Gasteiger partial charge in [0.15, 0.2) is 0 Å². The zero-order chi connectivity index (χ0) is 14.8. The van der Waals surface area contributed by atoms with Crippen LogP contribution in [-0.4, -0.2) is 11.5 Å². The lowest BCUT2D eigenvalue weighted by atomic mass is 10.2. The molecule has 0 radical (unpaired) electrons. The number of halogens is 3. The molecular weight excluding hydrogens is 273 g/mol. The van der Waals surface area contributed by atoms with Crippen molar-refractivity contribution in [3.05, 3.63) is 48.0 Å². The van der Waals surface area contributed by atoms with Gasteiger partial charge >= 0.3 is 6.36 Å². The second-order valence-electron chi connectivity index (χ2n) is 4.07. The Morgan fingerprint density at radius 1 is 0.950 bits per heavy atom. The Bertz CT molecular complexity index is 592. The van der Waals surface area contributed by atoms with Crippen LogP contribution in [0.5, 0.6) is 23.0 Å². The maximum absolute atomic E-state index is 12.2. The van der Waals surface area contributed by atoms with Gasteiger partial charge in [-0.15, -0.1) is 13.2 Å². The summed E-state index contributed by atoms with van der Waals surface area (Å²) in [5, 5.41) is 9.15. The van der Waals surface area contributed by atoms with Gasteiger partial charge in [0.1, 0.15) is 23.0 Å². The summed E-state index contributed by atoms with van der Waals surface area (Å²) in [6, 6.07) is 9.69. The fraction of sp³-hybridized carbons (Fsp3) is 0.143. The van der Waals surface area contributed by atoms with E-state index in [9.17, 15) is 13.2 Å². The van der Waals surface area contributed by atoms with E-state index in [-0.39, 0.29) is 17.2 Å². The van der Waals surface area contributed by atoms with E-state index in [0.717, 1.165) is 6.07 Å². The molecule has 1 N–H and O–H groups in total. The first-order valence-corrected chi connectivity index (χ1v) is 5.67. The zero-order valence-corrected chi connectivity index (χ0v) is 10.4. The number of rotatable bonds is 3. The molecule has 0 unspecified atom stereocenters. The van der Waals surface area contributed by atoms with Crippen LogP contribution in [0.1, 0.15) is 5.56 Å². The summed E-state index contributed by atoms with van der Waals surface area (Å²) < 4.78 is 45.8. The first kappa shape index (κ1) is 14.0. The van der Waals surface area contributed by atoms with E-state index in [4.69, 9.17) is 9.84 Å². The van der Waals surface area contributed by atoms with Crippen LogP contribution in [0.4, 0.5) is 13.2 Å². The maximum Gasteiger partial charge on any atom is 0.573 e. The van der Waals surface area contributed by atoms with Crippen molar-refractivity contribution in [3.63, 3.8) is 0 Å². The highest BCUT2D eigenvalue weighted by Gasteiger charge is 2.31. The van der Waals surface area contributed by atoms with Crippen molar-refractivity contribution in [2.24, 2.45) is 0 Å². The van der Waals surface area contributed by atoms with Crippen LogP contribution in [0, 0.1) is 6.92 Å². The smallest absolute Gasteiger partial charge is 0.508 e. The molecule has 2 rings (SSSR count). The molecule has 106 valence electrons. The predicted molar refractivity (Wildman–Crippen MR) is 66.0 cm³/mol. The molecule has 0 atom stereocenters. The van der Waals surface area contributed by atoms with Gasteiger partial charge in [0.2, 0.25) is 0 Å². The maximum atomic E-state index is 12.2. The molecule has 2 aromatic carbocycles. The summed E-state index contributed by atoms with van der Waals surface area (Å²) in [6.07, 6.45) is -4.74. The van der Waals surface area contributed by atoms with Crippen LogP contribution in [0.25, 0.3) is 0 Å². The highest BCUT2D eigenvalue weighted by atomic mass is 19.4. The summed E-state index contributed by atoms with van der Waals surface area (Å²) >= 11 is 0. The molecule has 0 spiro atoms. The lowest BCUT2D eigenvalue weighted by Gasteiger charge is -2.13. The quantitative estimate of drug-likeness (QED) is 0.908. The summed E-state index contributed by atoms with van der Waals surface area (Å²) in [6.45, 7) is 1.70. The predicted octanol–water partition coefficient (Wildman–Crippen LogP) is 4.39. The zero-order valence-electron chi connectivity index (χ0n) is 10.4. The number of ether oxygens (including phenoxy) is 2.